The molecule has 0 fully saturated rings. The molecule has 1 unspecified atom stereocenters. The number of rotatable bonds is 14. The van der Waals surface area contributed by atoms with Crippen LogP contribution in [-0.4, -0.2) is 22.7 Å². The molecule has 1 aromatic carbocycles. The second kappa shape index (κ2) is 14.7. The Bertz CT molecular complexity index is 866. The maximum atomic E-state index is 11.8. The van der Waals surface area contributed by atoms with Crippen LogP contribution in [0.25, 0.3) is 11.4 Å². The highest BCUT2D eigenvalue weighted by Crippen LogP contribution is 2.29. The number of nitrogens with zero attached hydrogens (tertiary/aromatic N) is 2. The molecule has 1 atom stereocenters. The van der Waals surface area contributed by atoms with Crippen LogP contribution in [0.15, 0.2) is 30.5 Å². The number of aryl methyl sites for hydroxylation is 1. The van der Waals surface area contributed by atoms with Gasteiger partial charge >= 0.3 is 6.16 Å². The van der Waals surface area contributed by atoms with Crippen LogP contribution in [-0.2, 0) is 17.6 Å². The zero-order valence-corrected chi connectivity index (χ0v) is 21.2. The van der Waals surface area contributed by atoms with E-state index < -0.39 is 6.16 Å². The van der Waals surface area contributed by atoms with Gasteiger partial charge in [-0.2, -0.15) is 0 Å². The maximum absolute atomic E-state index is 11.8. The highest BCUT2D eigenvalue weighted by Gasteiger charge is 2.20. The summed E-state index contributed by atoms with van der Waals surface area (Å²) < 4.78 is 10.3. The van der Waals surface area contributed by atoms with Gasteiger partial charge in [0.25, 0.3) is 0 Å². The van der Waals surface area contributed by atoms with Gasteiger partial charge in [-0.3, -0.25) is 0 Å². The van der Waals surface area contributed by atoms with Crippen LogP contribution in [0.3, 0.4) is 0 Å². The second-order valence-corrected chi connectivity index (χ2v) is 9.62. The minimum atomic E-state index is -0.653. The Labute approximate surface area is 205 Å². The van der Waals surface area contributed by atoms with Gasteiger partial charge in [0, 0.05) is 17.5 Å². The predicted molar refractivity (Wildman–Crippen MR) is 137 cm³/mol. The SMILES string of the molecule is CCCCCCCCCC1CCc2nc(-c3ccc(OC(=O)OCCCCC)cc3)ncc2C1. The van der Waals surface area contributed by atoms with Crippen LogP contribution in [0.2, 0.25) is 0 Å². The summed E-state index contributed by atoms with van der Waals surface area (Å²) in [7, 11) is 0. The van der Waals surface area contributed by atoms with Crippen molar-refractivity contribution in [3.63, 3.8) is 0 Å². The number of benzene rings is 1. The molecule has 0 saturated heterocycles. The molecule has 1 aliphatic rings. The van der Waals surface area contributed by atoms with E-state index in [0.29, 0.717) is 12.4 Å². The molecule has 5 nitrogen and oxygen atoms in total. The fraction of sp³-hybridized carbons (Fsp3) is 0.621. The number of carbonyl (C=O) groups is 1. The van der Waals surface area contributed by atoms with E-state index in [1.165, 1.54) is 69.0 Å². The Morgan fingerprint density at radius 3 is 2.41 bits per heavy atom. The molecule has 0 saturated carbocycles. The Balaban J connectivity index is 1.44. The average molecular weight is 467 g/mol. The summed E-state index contributed by atoms with van der Waals surface area (Å²) in [5, 5.41) is 0. The number of unbranched alkanes of at least 4 members (excludes halogenated alkanes) is 8. The molecular formula is C29H42N2O3. The molecule has 5 heteroatoms. The monoisotopic (exact) mass is 466 g/mol. The lowest BCUT2D eigenvalue weighted by Crippen LogP contribution is -2.16. The predicted octanol–water partition coefficient (Wildman–Crippen LogP) is 8.09. The molecule has 0 spiro atoms. The number of hydrogen-bond acceptors (Lipinski definition) is 5. The molecule has 1 aliphatic carbocycles. The number of ether oxygens (including phenoxy) is 2. The molecule has 2 aromatic rings. The van der Waals surface area contributed by atoms with Crippen LogP contribution in [0.1, 0.15) is 102 Å². The second-order valence-electron chi connectivity index (χ2n) is 9.62. The Kier molecular flexibility index (Phi) is 11.4. The summed E-state index contributed by atoms with van der Waals surface area (Å²) in [4.78, 5) is 21.3. The maximum Gasteiger partial charge on any atom is 0.513 e. The molecular weight excluding hydrogens is 424 g/mol. The van der Waals surface area contributed by atoms with Gasteiger partial charge in [0.1, 0.15) is 5.75 Å². The van der Waals surface area contributed by atoms with Crippen LogP contribution in [0, 0.1) is 5.92 Å². The Morgan fingerprint density at radius 2 is 1.65 bits per heavy atom. The van der Waals surface area contributed by atoms with Crippen molar-refractivity contribution >= 4 is 6.16 Å². The first-order valence-corrected chi connectivity index (χ1v) is 13.5. The molecule has 0 amide bonds. The molecule has 186 valence electrons. The van der Waals surface area contributed by atoms with Crippen molar-refractivity contribution in [1.82, 2.24) is 9.97 Å². The van der Waals surface area contributed by atoms with Crippen molar-refractivity contribution in [2.75, 3.05) is 6.61 Å². The summed E-state index contributed by atoms with van der Waals surface area (Å²) in [5.74, 6) is 1.98. The third-order valence-corrected chi connectivity index (χ3v) is 6.75. The highest BCUT2D eigenvalue weighted by atomic mass is 16.7. The van der Waals surface area contributed by atoms with Crippen LogP contribution >= 0.6 is 0 Å². The quantitative estimate of drug-likeness (QED) is 0.160. The van der Waals surface area contributed by atoms with E-state index in [0.717, 1.165) is 49.4 Å². The number of fused-ring (bicyclic) bond motifs is 1. The standard InChI is InChI=1S/C29H42N2O3/c1-3-5-7-8-9-10-11-13-23-14-19-27-25(21-23)22-30-28(31-27)24-15-17-26(18-16-24)34-29(32)33-20-12-6-4-2/h15-18,22-23H,3-14,19-21H2,1-2H3. The van der Waals surface area contributed by atoms with E-state index in [4.69, 9.17) is 14.5 Å². The van der Waals surface area contributed by atoms with Crippen molar-refractivity contribution in [2.24, 2.45) is 5.92 Å². The topological polar surface area (TPSA) is 61.3 Å². The fourth-order valence-electron chi connectivity index (χ4n) is 4.66. The molecule has 0 aliphatic heterocycles. The van der Waals surface area contributed by atoms with E-state index >= 15 is 0 Å². The Hall–Kier alpha value is -2.43. The van der Waals surface area contributed by atoms with Crippen LogP contribution in [0.4, 0.5) is 4.79 Å². The van der Waals surface area contributed by atoms with Crippen LogP contribution < -0.4 is 4.74 Å². The lowest BCUT2D eigenvalue weighted by atomic mass is 9.84. The van der Waals surface area contributed by atoms with Crippen molar-refractivity contribution < 1.29 is 14.3 Å². The van der Waals surface area contributed by atoms with Crippen LogP contribution in [0.5, 0.6) is 5.75 Å². The third kappa shape index (κ3) is 8.73. The average Bonchev–Trinajstić information content (AvgIpc) is 2.86. The summed E-state index contributed by atoms with van der Waals surface area (Å²) in [6.07, 6.45) is 18.7. The first kappa shape index (κ1) is 26.2. The minimum Gasteiger partial charge on any atom is -0.434 e. The van der Waals surface area contributed by atoms with E-state index in [1.807, 2.05) is 18.3 Å². The molecule has 3 rings (SSSR count). The minimum absolute atomic E-state index is 0.396. The molecule has 0 radical (unpaired) electrons. The lowest BCUT2D eigenvalue weighted by molar-refractivity contribution is 0.0974. The Morgan fingerprint density at radius 1 is 0.941 bits per heavy atom. The van der Waals surface area contributed by atoms with Crippen molar-refractivity contribution in [1.29, 1.82) is 0 Å². The zero-order valence-electron chi connectivity index (χ0n) is 21.2. The summed E-state index contributed by atoms with van der Waals surface area (Å²) in [5.41, 5.74) is 3.43. The van der Waals surface area contributed by atoms with Gasteiger partial charge in [0.2, 0.25) is 0 Å². The number of hydrogen-bond donors (Lipinski definition) is 0. The number of carbonyl (C=O) groups excluding carboxylic acids is 1. The number of aromatic nitrogens is 2. The zero-order chi connectivity index (χ0) is 24.0. The van der Waals surface area contributed by atoms with Gasteiger partial charge in [-0.25, -0.2) is 14.8 Å². The molecule has 0 bridgehead atoms. The fourth-order valence-corrected chi connectivity index (χ4v) is 4.66. The smallest absolute Gasteiger partial charge is 0.434 e. The van der Waals surface area contributed by atoms with Gasteiger partial charge < -0.3 is 9.47 Å². The summed E-state index contributed by atoms with van der Waals surface area (Å²) in [6.45, 7) is 4.78. The molecule has 34 heavy (non-hydrogen) atoms. The summed E-state index contributed by atoms with van der Waals surface area (Å²) >= 11 is 0. The van der Waals surface area contributed by atoms with Gasteiger partial charge in [0.15, 0.2) is 5.82 Å². The normalized spacial score (nSPS) is 15.1. The van der Waals surface area contributed by atoms with Crippen molar-refractivity contribution in [2.45, 2.75) is 104 Å². The van der Waals surface area contributed by atoms with Gasteiger partial charge in [0.05, 0.1) is 6.61 Å². The van der Waals surface area contributed by atoms with Gasteiger partial charge in [-0.05, 0) is 61.4 Å². The van der Waals surface area contributed by atoms with E-state index in [1.54, 1.807) is 12.1 Å². The molecule has 0 N–H and O–H groups in total. The highest BCUT2D eigenvalue weighted by molar-refractivity contribution is 5.65. The first-order chi connectivity index (χ1) is 16.7. The van der Waals surface area contributed by atoms with E-state index in [-0.39, 0.29) is 0 Å². The van der Waals surface area contributed by atoms with Crippen molar-refractivity contribution in [3.8, 4) is 17.1 Å². The molecule has 1 aromatic heterocycles. The lowest BCUT2D eigenvalue weighted by Gasteiger charge is -2.24. The first-order valence-electron chi connectivity index (χ1n) is 13.5. The largest absolute Gasteiger partial charge is 0.513 e. The van der Waals surface area contributed by atoms with Crippen molar-refractivity contribution in [3.05, 3.63) is 41.7 Å². The summed E-state index contributed by atoms with van der Waals surface area (Å²) in [6, 6.07) is 7.33. The third-order valence-electron chi connectivity index (χ3n) is 6.75. The van der Waals surface area contributed by atoms with E-state index in [9.17, 15) is 4.79 Å². The van der Waals surface area contributed by atoms with E-state index in [2.05, 4.69) is 18.8 Å². The van der Waals surface area contributed by atoms with Gasteiger partial charge in [-0.15, -0.1) is 0 Å². The van der Waals surface area contributed by atoms with Gasteiger partial charge in [-0.1, -0.05) is 78.1 Å². The molecule has 1 heterocycles.